The Morgan fingerprint density at radius 2 is 2.45 bits per heavy atom. The lowest BCUT2D eigenvalue weighted by atomic mass is 10.3. The van der Waals surface area contributed by atoms with Crippen LogP contribution in [0.3, 0.4) is 0 Å². The highest BCUT2D eigenvalue weighted by Gasteiger charge is 2.00. The van der Waals surface area contributed by atoms with Crippen molar-refractivity contribution in [3.8, 4) is 0 Å². The van der Waals surface area contributed by atoms with E-state index in [0.717, 1.165) is 22.6 Å². The quantitative estimate of drug-likeness (QED) is 0.587. The van der Waals surface area contributed by atoms with E-state index in [1.165, 1.54) is 5.56 Å². The molecule has 1 aromatic heterocycles. The Bertz CT molecular complexity index is 210. The molecule has 11 heavy (non-hydrogen) atoms. The molecule has 1 rings (SSSR count). The number of thioether (sulfide) groups is 1. The third-order valence-corrected chi connectivity index (χ3v) is 3.30. The molecular formula is C8H11BrOS. The van der Waals surface area contributed by atoms with Crippen molar-refractivity contribution in [1.82, 2.24) is 0 Å². The second kappa shape index (κ2) is 4.88. The molecule has 62 valence electrons. The van der Waals surface area contributed by atoms with Crippen molar-refractivity contribution in [3.05, 3.63) is 23.7 Å². The first-order valence-electron chi connectivity index (χ1n) is 3.51. The van der Waals surface area contributed by atoms with E-state index in [4.69, 9.17) is 4.42 Å². The Kier molecular flexibility index (Phi) is 4.08. The molecular weight excluding hydrogens is 224 g/mol. The van der Waals surface area contributed by atoms with Gasteiger partial charge in [0.2, 0.25) is 0 Å². The summed E-state index contributed by atoms with van der Waals surface area (Å²) in [4.78, 5) is 0. The summed E-state index contributed by atoms with van der Waals surface area (Å²) in [5.41, 5.74) is 1.26. The summed E-state index contributed by atoms with van der Waals surface area (Å²) in [7, 11) is 0. The Morgan fingerprint density at radius 1 is 1.64 bits per heavy atom. The number of hydrogen-bond acceptors (Lipinski definition) is 2. The molecule has 0 aliphatic rings. The molecule has 0 saturated carbocycles. The Morgan fingerprint density at radius 3 is 3.00 bits per heavy atom. The number of rotatable bonds is 4. The standard InChI is InChI=1S/C8H11BrOS/c1-7-2-4-10-8(7)6-11-5-3-9/h2,4H,3,5-6H2,1H3. The topological polar surface area (TPSA) is 13.1 Å². The zero-order valence-electron chi connectivity index (χ0n) is 6.47. The van der Waals surface area contributed by atoms with Crippen molar-refractivity contribution in [2.45, 2.75) is 12.7 Å². The molecule has 0 amide bonds. The highest BCUT2D eigenvalue weighted by atomic mass is 79.9. The molecule has 1 aromatic rings. The van der Waals surface area contributed by atoms with Gasteiger partial charge >= 0.3 is 0 Å². The summed E-state index contributed by atoms with van der Waals surface area (Å²) >= 11 is 5.27. The van der Waals surface area contributed by atoms with E-state index in [0.29, 0.717) is 0 Å². The average Bonchev–Trinajstić information content (AvgIpc) is 2.37. The molecule has 1 nitrogen and oxygen atoms in total. The lowest BCUT2D eigenvalue weighted by molar-refractivity contribution is 0.528. The van der Waals surface area contributed by atoms with E-state index < -0.39 is 0 Å². The fourth-order valence-corrected chi connectivity index (χ4v) is 2.19. The molecule has 1 heterocycles. The van der Waals surface area contributed by atoms with Gasteiger partial charge in [-0.15, -0.1) is 0 Å². The van der Waals surface area contributed by atoms with Gasteiger partial charge < -0.3 is 4.42 Å². The van der Waals surface area contributed by atoms with Crippen molar-refractivity contribution < 1.29 is 4.42 Å². The van der Waals surface area contributed by atoms with Gasteiger partial charge in [0, 0.05) is 11.1 Å². The normalized spacial score (nSPS) is 10.4. The number of alkyl halides is 1. The summed E-state index contributed by atoms with van der Waals surface area (Å²) in [6.45, 7) is 2.08. The van der Waals surface area contributed by atoms with Crippen molar-refractivity contribution in [3.63, 3.8) is 0 Å². The summed E-state index contributed by atoms with van der Waals surface area (Å²) < 4.78 is 5.27. The van der Waals surface area contributed by atoms with Crippen LogP contribution in [-0.2, 0) is 5.75 Å². The van der Waals surface area contributed by atoms with E-state index in [1.807, 2.05) is 17.8 Å². The van der Waals surface area contributed by atoms with Gasteiger partial charge in [-0.1, -0.05) is 15.9 Å². The van der Waals surface area contributed by atoms with Crippen LogP contribution < -0.4 is 0 Å². The molecule has 0 fully saturated rings. The predicted octanol–water partition coefficient (Wildman–Crippen LogP) is 3.22. The lowest BCUT2D eigenvalue weighted by Crippen LogP contribution is -1.83. The van der Waals surface area contributed by atoms with Crippen LogP contribution in [0.2, 0.25) is 0 Å². The van der Waals surface area contributed by atoms with Crippen LogP contribution >= 0.6 is 27.7 Å². The smallest absolute Gasteiger partial charge is 0.116 e. The number of hydrogen-bond donors (Lipinski definition) is 0. The van der Waals surface area contributed by atoms with Gasteiger partial charge in [-0.05, 0) is 18.6 Å². The maximum atomic E-state index is 5.27. The summed E-state index contributed by atoms with van der Waals surface area (Å²) in [5, 5.41) is 1.05. The minimum atomic E-state index is 0.991. The van der Waals surface area contributed by atoms with Crippen LogP contribution in [0, 0.1) is 6.92 Å². The van der Waals surface area contributed by atoms with Crippen molar-refractivity contribution >= 4 is 27.7 Å². The molecule has 0 unspecified atom stereocenters. The molecule has 0 aromatic carbocycles. The summed E-state index contributed by atoms with van der Waals surface area (Å²) in [5.74, 6) is 3.24. The van der Waals surface area contributed by atoms with Crippen molar-refractivity contribution in [2.75, 3.05) is 11.1 Å². The first-order chi connectivity index (χ1) is 5.34. The Hall–Kier alpha value is 0.110. The molecule has 0 aliphatic carbocycles. The lowest BCUT2D eigenvalue weighted by Gasteiger charge is -1.96. The molecule has 0 atom stereocenters. The second-order valence-corrected chi connectivity index (χ2v) is 4.17. The predicted molar refractivity (Wildman–Crippen MR) is 53.4 cm³/mol. The van der Waals surface area contributed by atoms with Crippen LogP contribution in [0.15, 0.2) is 16.7 Å². The Balaban J connectivity index is 2.32. The average molecular weight is 235 g/mol. The van der Waals surface area contributed by atoms with Gasteiger partial charge in [-0.25, -0.2) is 0 Å². The highest BCUT2D eigenvalue weighted by Crippen LogP contribution is 2.16. The maximum Gasteiger partial charge on any atom is 0.116 e. The first kappa shape index (κ1) is 9.20. The van der Waals surface area contributed by atoms with E-state index >= 15 is 0 Å². The van der Waals surface area contributed by atoms with Gasteiger partial charge in [0.25, 0.3) is 0 Å². The van der Waals surface area contributed by atoms with Crippen LogP contribution in [0.4, 0.5) is 0 Å². The van der Waals surface area contributed by atoms with Gasteiger partial charge in [0.05, 0.1) is 12.0 Å². The number of halogens is 1. The molecule has 0 saturated heterocycles. The van der Waals surface area contributed by atoms with Gasteiger partial charge in [-0.2, -0.15) is 11.8 Å². The zero-order chi connectivity index (χ0) is 8.10. The summed E-state index contributed by atoms with van der Waals surface area (Å²) in [6.07, 6.45) is 1.75. The largest absolute Gasteiger partial charge is 0.468 e. The van der Waals surface area contributed by atoms with Crippen LogP contribution in [0.1, 0.15) is 11.3 Å². The minimum absolute atomic E-state index is 0.991. The van der Waals surface area contributed by atoms with E-state index in [2.05, 4.69) is 22.9 Å². The van der Waals surface area contributed by atoms with Crippen LogP contribution in [-0.4, -0.2) is 11.1 Å². The molecule has 0 spiro atoms. The number of furan rings is 1. The third kappa shape index (κ3) is 2.91. The molecule has 0 bridgehead atoms. The van der Waals surface area contributed by atoms with Crippen molar-refractivity contribution in [1.29, 1.82) is 0 Å². The number of aryl methyl sites for hydroxylation is 1. The fraction of sp³-hybridized carbons (Fsp3) is 0.500. The van der Waals surface area contributed by atoms with Crippen LogP contribution in [0.5, 0.6) is 0 Å². The Labute approximate surface area is 79.7 Å². The van der Waals surface area contributed by atoms with E-state index in [-0.39, 0.29) is 0 Å². The van der Waals surface area contributed by atoms with Crippen molar-refractivity contribution in [2.24, 2.45) is 0 Å². The fourth-order valence-electron chi connectivity index (χ4n) is 0.771. The molecule has 3 heteroatoms. The molecule has 0 aliphatic heterocycles. The first-order valence-corrected chi connectivity index (χ1v) is 5.79. The maximum absolute atomic E-state index is 5.27. The van der Waals surface area contributed by atoms with Gasteiger partial charge in [0.15, 0.2) is 0 Å². The third-order valence-electron chi connectivity index (χ3n) is 1.42. The second-order valence-electron chi connectivity index (χ2n) is 2.27. The molecule has 0 N–H and O–H groups in total. The van der Waals surface area contributed by atoms with Crippen LogP contribution in [0.25, 0.3) is 0 Å². The van der Waals surface area contributed by atoms with Gasteiger partial charge in [0.1, 0.15) is 5.76 Å². The molecule has 0 radical (unpaired) electrons. The van der Waals surface area contributed by atoms with E-state index in [1.54, 1.807) is 6.26 Å². The highest BCUT2D eigenvalue weighted by molar-refractivity contribution is 9.09. The monoisotopic (exact) mass is 234 g/mol. The van der Waals surface area contributed by atoms with Gasteiger partial charge in [-0.3, -0.25) is 0 Å². The SMILES string of the molecule is Cc1ccoc1CSCCBr. The minimum Gasteiger partial charge on any atom is -0.468 e. The van der Waals surface area contributed by atoms with E-state index in [9.17, 15) is 0 Å². The zero-order valence-corrected chi connectivity index (χ0v) is 8.87. The summed E-state index contributed by atoms with van der Waals surface area (Å²) in [6, 6.07) is 2.00.